The van der Waals surface area contributed by atoms with E-state index < -0.39 is 0 Å². The minimum atomic E-state index is 0.514. The summed E-state index contributed by atoms with van der Waals surface area (Å²) in [6.07, 6.45) is 9.07. The van der Waals surface area contributed by atoms with Crippen molar-refractivity contribution in [3.8, 4) is 0 Å². The summed E-state index contributed by atoms with van der Waals surface area (Å²) in [6, 6.07) is 2.65. The van der Waals surface area contributed by atoms with Crippen molar-refractivity contribution in [2.45, 2.75) is 38.6 Å². The lowest BCUT2D eigenvalue weighted by atomic mass is 9.93. The van der Waals surface area contributed by atoms with Gasteiger partial charge in [-0.15, -0.1) is 0 Å². The van der Waals surface area contributed by atoms with E-state index in [0.29, 0.717) is 23.7 Å². The van der Waals surface area contributed by atoms with Crippen LogP contribution < -0.4 is 5.32 Å². The molecule has 3 rings (SSSR count). The highest BCUT2D eigenvalue weighted by Crippen LogP contribution is 2.27. The third-order valence-electron chi connectivity index (χ3n) is 4.16. The quantitative estimate of drug-likeness (QED) is 0.936. The van der Waals surface area contributed by atoms with Gasteiger partial charge in [-0.1, -0.05) is 0 Å². The molecule has 1 aliphatic heterocycles. The highest BCUT2D eigenvalue weighted by atomic mass is 15.2. The van der Waals surface area contributed by atoms with E-state index in [0.717, 1.165) is 31.6 Å². The number of nitrogens with one attached hydrogen (secondary N) is 1. The zero-order chi connectivity index (χ0) is 15.4. The van der Waals surface area contributed by atoms with E-state index in [2.05, 4.69) is 44.0 Å². The Morgan fingerprint density at radius 2 is 1.95 bits per heavy atom. The first-order chi connectivity index (χ1) is 10.7. The second-order valence-electron chi connectivity index (χ2n) is 5.92. The van der Waals surface area contributed by atoms with Crippen LogP contribution in [0.3, 0.4) is 0 Å². The van der Waals surface area contributed by atoms with Gasteiger partial charge >= 0.3 is 0 Å². The first kappa shape index (κ1) is 14.8. The van der Waals surface area contributed by atoms with E-state index in [9.17, 15) is 0 Å². The van der Waals surface area contributed by atoms with Crippen molar-refractivity contribution in [2.24, 2.45) is 0 Å². The van der Waals surface area contributed by atoms with E-state index in [-0.39, 0.29) is 0 Å². The molecule has 116 valence electrons. The summed E-state index contributed by atoms with van der Waals surface area (Å²) in [5, 5.41) is 3.10. The standard InChI is InChI=1S/C16H22N6/c1-12(2)22-9-4-13(5-10-22)14-3-6-19-16(20-14)21-15-11-17-7-8-18-15/h3,6-8,11-13H,4-5,9-10H2,1-2H3,(H,18,19,20,21). The molecule has 0 unspecified atom stereocenters. The predicted molar refractivity (Wildman–Crippen MR) is 86.0 cm³/mol. The van der Waals surface area contributed by atoms with Gasteiger partial charge in [0.05, 0.1) is 6.20 Å². The van der Waals surface area contributed by atoms with E-state index in [1.807, 2.05) is 12.3 Å². The van der Waals surface area contributed by atoms with Gasteiger partial charge in [-0.05, 0) is 45.8 Å². The van der Waals surface area contributed by atoms with Gasteiger partial charge in [0.25, 0.3) is 0 Å². The van der Waals surface area contributed by atoms with Crippen molar-refractivity contribution in [3.63, 3.8) is 0 Å². The monoisotopic (exact) mass is 298 g/mol. The van der Waals surface area contributed by atoms with Gasteiger partial charge in [0.1, 0.15) is 0 Å². The molecule has 0 bridgehead atoms. The molecule has 0 spiro atoms. The smallest absolute Gasteiger partial charge is 0.228 e. The summed E-state index contributed by atoms with van der Waals surface area (Å²) in [6.45, 7) is 6.79. The number of likely N-dealkylation sites (tertiary alicyclic amines) is 1. The summed E-state index contributed by atoms with van der Waals surface area (Å²) in [7, 11) is 0. The number of anilines is 2. The molecule has 2 aromatic rings. The fourth-order valence-corrected chi connectivity index (χ4v) is 2.85. The van der Waals surface area contributed by atoms with Crippen LogP contribution in [-0.2, 0) is 0 Å². The maximum absolute atomic E-state index is 4.65. The number of hydrogen-bond donors (Lipinski definition) is 1. The van der Waals surface area contributed by atoms with Gasteiger partial charge in [0.2, 0.25) is 5.95 Å². The third kappa shape index (κ3) is 3.57. The molecule has 0 radical (unpaired) electrons. The van der Waals surface area contributed by atoms with Crippen molar-refractivity contribution in [1.29, 1.82) is 0 Å². The number of nitrogens with zero attached hydrogens (tertiary/aromatic N) is 5. The van der Waals surface area contributed by atoms with Crippen molar-refractivity contribution in [2.75, 3.05) is 18.4 Å². The fourth-order valence-electron chi connectivity index (χ4n) is 2.85. The van der Waals surface area contributed by atoms with E-state index >= 15 is 0 Å². The fraction of sp³-hybridized carbons (Fsp3) is 0.500. The summed E-state index contributed by atoms with van der Waals surface area (Å²) in [5.74, 6) is 1.76. The molecular weight excluding hydrogens is 276 g/mol. The van der Waals surface area contributed by atoms with Crippen LogP contribution in [0.2, 0.25) is 0 Å². The van der Waals surface area contributed by atoms with Crippen molar-refractivity contribution >= 4 is 11.8 Å². The van der Waals surface area contributed by atoms with Crippen LogP contribution in [0.25, 0.3) is 0 Å². The second-order valence-corrected chi connectivity index (χ2v) is 5.92. The summed E-state index contributed by atoms with van der Waals surface area (Å²) in [4.78, 5) is 19.7. The van der Waals surface area contributed by atoms with E-state index in [1.165, 1.54) is 0 Å². The third-order valence-corrected chi connectivity index (χ3v) is 4.16. The van der Waals surface area contributed by atoms with Crippen molar-refractivity contribution in [1.82, 2.24) is 24.8 Å². The van der Waals surface area contributed by atoms with Crippen LogP contribution in [-0.4, -0.2) is 44.0 Å². The van der Waals surface area contributed by atoms with Crippen LogP contribution in [0.4, 0.5) is 11.8 Å². The molecule has 0 amide bonds. The maximum atomic E-state index is 4.65. The van der Waals surface area contributed by atoms with Crippen LogP contribution in [0, 0.1) is 0 Å². The van der Waals surface area contributed by atoms with Gasteiger partial charge in [0.15, 0.2) is 5.82 Å². The lowest BCUT2D eigenvalue weighted by Gasteiger charge is -2.34. The average Bonchev–Trinajstić information content (AvgIpc) is 2.56. The number of piperidine rings is 1. The van der Waals surface area contributed by atoms with Crippen molar-refractivity contribution < 1.29 is 0 Å². The minimum absolute atomic E-state index is 0.514. The molecule has 1 fully saturated rings. The largest absolute Gasteiger partial charge is 0.307 e. The molecule has 3 heterocycles. The Balaban J connectivity index is 1.67. The molecule has 2 aromatic heterocycles. The number of aromatic nitrogens is 4. The first-order valence-corrected chi connectivity index (χ1v) is 7.82. The maximum Gasteiger partial charge on any atom is 0.228 e. The predicted octanol–water partition coefficient (Wildman–Crippen LogP) is 2.60. The Labute approximate surface area is 131 Å². The van der Waals surface area contributed by atoms with Crippen LogP contribution in [0.5, 0.6) is 0 Å². The molecular formula is C16H22N6. The SMILES string of the molecule is CC(C)N1CCC(c2ccnc(Nc3cnccn3)n2)CC1. The van der Waals surface area contributed by atoms with Crippen LogP contribution >= 0.6 is 0 Å². The summed E-state index contributed by atoms with van der Waals surface area (Å²) >= 11 is 0. The Hall–Kier alpha value is -2.08. The topological polar surface area (TPSA) is 66.8 Å². The molecule has 0 aromatic carbocycles. The molecule has 6 nitrogen and oxygen atoms in total. The van der Waals surface area contributed by atoms with Gasteiger partial charge in [0, 0.05) is 36.2 Å². The molecule has 22 heavy (non-hydrogen) atoms. The minimum Gasteiger partial charge on any atom is -0.307 e. The number of rotatable bonds is 4. The lowest BCUT2D eigenvalue weighted by molar-refractivity contribution is 0.171. The highest BCUT2D eigenvalue weighted by molar-refractivity contribution is 5.45. The highest BCUT2D eigenvalue weighted by Gasteiger charge is 2.23. The Morgan fingerprint density at radius 3 is 2.64 bits per heavy atom. The molecule has 0 saturated carbocycles. The van der Waals surface area contributed by atoms with Gasteiger partial charge in [-0.3, -0.25) is 4.98 Å². The normalized spacial score (nSPS) is 16.9. The average molecular weight is 298 g/mol. The molecule has 0 aliphatic carbocycles. The molecule has 1 N–H and O–H groups in total. The molecule has 1 aliphatic rings. The van der Waals surface area contributed by atoms with Crippen molar-refractivity contribution in [3.05, 3.63) is 36.5 Å². The number of hydrogen-bond acceptors (Lipinski definition) is 6. The summed E-state index contributed by atoms with van der Waals surface area (Å²) in [5.41, 5.74) is 1.12. The van der Waals surface area contributed by atoms with Gasteiger partial charge in [-0.2, -0.15) is 0 Å². The Morgan fingerprint density at radius 1 is 1.14 bits per heavy atom. The summed E-state index contributed by atoms with van der Waals surface area (Å²) < 4.78 is 0. The zero-order valence-electron chi connectivity index (χ0n) is 13.1. The van der Waals surface area contributed by atoms with E-state index in [1.54, 1.807) is 18.6 Å². The van der Waals surface area contributed by atoms with Gasteiger partial charge < -0.3 is 10.2 Å². The molecule has 6 heteroatoms. The Kier molecular flexibility index (Phi) is 4.58. The second kappa shape index (κ2) is 6.79. The lowest BCUT2D eigenvalue weighted by Crippen LogP contribution is -2.38. The van der Waals surface area contributed by atoms with Crippen LogP contribution in [0.15, 0.2) is 30.9 Å². The van der Waals surface area contributed by atoms with Gasteiger partial charge in [-0.25, -0.2) is 15.0 Å². The van der Waals surface area contributed by atoms with Crippen LogP contribution in [0.1, 0.15) is 38.3 Å². The van der Waals surface area contributed by atoms with E-state index in [4.69, 9.17) is 0 Å². The molecule has 1 saturated heterocycles. The molecule has 0 atom stereocenters. The Bertz CT molecular complexity index is 593. The zero-order valence-corrected chi connectivity index (χ0v) is 13.1. The first-order valence-electron chi connectivity index (χ1n) is 7.82.